The van der Waals surface area contributed by atoms with Crippen LogP contribution in [0.4, 0.5) is 11.5 Å². The van der Waals surface area contributed by atoms with Gasteiger partial charge in [0, 0.05) is 17.3 Å². The van der Waals surface area contributed by atoms with Crippen LogP contribution >= 0.6 is 0 Å². The summed E-state index contributed by atoms with van der Waals surface area (Å²) >= 11 is 0. The first kappa shape index (κ1) is 18.1. The number of rotatable bonds is 4. The van der Waals surface area contributed by atoms with Crippen LogP contribution in [0.1, 0.15) is 30.9 Å². The van der Waals surface area contributed by atoms with Gasteiger partial charge in [-0.15, -0.1) is 0 Å². The minimum Gasteiger partial charge on any atom is -0.463 e. The van der Waals surface area contributed by atoms with Crippen molar-refractivity contribution in [3.8, 4) is 0 Å². The zero-order chi connectivity index (χ0) is 19.7. The van der Waals surface area contributed by atoms with Gasteiger partial charge in [-0.3, -0.25) is 24.9 Å². The third-order valence-corrected chi connectivity index (χ3v) is 4.21. The Kier molecular flexibility index (Phi) is 4.63. The highest BCUT2D eigenvalue weighted by molar-refractivity contribution is 5.94. The van der Waals surface area contributed by atoms with E-state index < -0.39 is 28.1 Å². The van der Waals surface area contributed by atoms with Crippen LogP contribution in [0.2, 0.25) is 0 Å². The highest BCUT2D eigenvalue weighted by atomic mass is 16.6. The number of hydrogen-bond acceptors (Lipinski definition) is 7. The molecule has 3 rings (SSSR count). The fourth-order valence-corrected chi connectivity index (χ4v) is 3.17. The number of allylic oxidation sites excluding steroid dienone is 1. The van der Waals surface area contributed by atoms with Crippen LogP contribution in [0.3, 0.4) is 0 Å². The summed E-state index contributed by atoms with van der Waals surface area (Å²) in [5.41, 5.74) is -1.21. The second-order valence-electron chi connectivity index (χ2n) is 5.83. The Morgan fingerprint density at radius 1 is 1.26 bits per heavy atom. The van der Waals surface area contributed by atoms with Crippen molar-refractivity contribution in [3.63, 3.8) is 0 Å². The average molecular weight is 372 g/mol. The molecule has 3 N–H and O–H groups in total. The number of nitro benzene ring substituents is 1. The van der Waals surface area contributed by atoms with Gasteiger partial charge in [0.1, 0.15) is 5.82 Å². The van der Waals surface area contributed by atoms with Gasteiger partial charge in [-0.25, -0.2) is 9.59 Å². The van der Waals surface area contributed by atoms with Gasteiger partial charge in [0.2, 0.25) is 0 Å². The normalized spacial score (nSPS) is 15.7. The lowest BCUT2D eigenvalue weighted by atomic mass is 9.81. The van der Waals surface area contributed by atoms with Crippen LogP contribution in [0.25, 0.3) is 0 Å². The number of para-hydroxylation sites is 1. The molecule has 1 aliphatic heterocycles. The molecule has 2 aromatic rings. The zero-order valence-electron chi connectivity index (χ0n) is 14.5. The van der Waals surface area contributed by atoms with Gasteiger partial charge in [-0.1, -0.05) is 18.2 Å². The Morgan fingerprint density at radius 3 is 2.63 bits per heavy atom. The minimum absolute atomic E-state index is 0.00227. The van der Waals surface area contributed by atoms with Gasteiger partial charge in [0.15, 0.2) is 0 Å². The molecule has 0 fully saturated rings. The Bertz CT molecular complexity index is 1080. The number of hydrogen-bond donors (Lipinski definition) is 3. The van der Waals surface area contributed by atoms with E-state index in [-0.39, 0.29) is 34.8 Å². The number of esters is 1. The fourth-order valence-electron chi connectivity index (χ4n) is 3.17. The summed E-state index contributed by atoms with van der Waals surface area (Å²) in [6, 6.07) is 5.81. The Hall–Kier alpha value is -3.69. The molecule has 0 radical (unpaired) electrons. The Morgan fingerprint density at radius 2 is 1.96 bits per heavy atom. The Labute approximate surface area is 152 Å². The predicted octanol–water partition coefficient (Wildman–Crippen LogP) is 1.37. The predicted molar refractivity (Wildman–Crippen MR) is 95.6 cm³/mol. The van der Waals surface area contributed by atoms with Crippen molar-refractivity contribution in [2.75, 3.05) is 11.9 Å². The van der Waals surface area contributed by atoms with Crippen molar-refractivity contribution in [2.45, 2.75) is 19.8 Å². The lowest BCUT2D eigenvalue weighted by Crippen LogP contribution is -2.35. The standard InChI is InChI=1S/C17H16N4O6/c1-3-27-16(23)11-8(2)18-14-13(15(22)20-17(24)19-14)12(11)9-6-4-5-7-10(9)21(25)26/h4-7,12H,3H2,1-2H3,(H3,18,19,20,22,24)/t12-/m0/s1. The van der Waals surface area contributed by atoms with Gasteiger partial charge >= 0.3 is 11.7 Å². The summed E-state index contributed by atoms with van der Waals surface area (Å²) in [5, 5.41) is 14.3. The van der Waals surface area contributed by atoms with Crippen LogP contribution in [0, 0.1) is 10.1 Å². The van der Waals surface area contributed by atoms with E-state index in [0.717, 1.165) is 0 Å². The third-order valence-electron chi connectivity index (χ3n) is 4.21. The summed E-state index contributed by atoms with van der Waals surface area (Å²) < 4.78 is 5.09. The van der Waals surface area contributed by atoms with Gasteiger partial charge in [0.05, 0.1) is 28.6 Å². The van der Waals surface area contributed by atoms with Crippen molar-refractivity contribution >= 4 is 17.5 Å². The van der Waals surface area contributed by atoms with Crippen molar-refractivity contribution < 1.29 is 14.5 Å². The number of nitro groups is 1. The number of carbonyl (C=O) groups excluding carboxylic acids is 1. The lowest BCUT2D eigenvalue weighted by molar-refractivity contribution is -0.385. The molecule has 0 saturated carbocycles. The molecule has 140 valence electrons. The van der Waals surface area contributed by atoms with Gasteiger partial charge in [-0.05, 0) is 13.8 Å². The van der Waals surface area contributed by atoms with E-state index in [2.05, 4.69) is 15.3 Å². The number of benzene rings is 1. The number of nitrogens with one attached hydrogen (secondary N) is 3. The number of ether oxygens (including phenoxy) is 1. The van der Waals surface area contributed by atoms with Crippen LogP contribution < -0.4 is 16.6 Å². The molecule has 0 spiro atoms. The first-order valence-electron chi connectivity index (χ1n) is 8.09. The van der Waals surface area contributed by atoms with Gasteiger partial charge in [-0.2, -0.15) is 0 Å². The molecule has 0 saturated heterocycles. The van der Waals surface area contributed by atoms with Crippen molar-refractivity contribution in [2.24, 2.45) is 0 Å². The quantitative estimate of drug-likeness (QED) is 0.417. The summed E-state index contributed by atoms with van der Waals surface area (Å²) in [5.74, 6) is -1.71. The number of anilines is 1. The third kappa shape index (κ3) is 3.12. The molecule has 1 aromatic heterocycles. The molecule has 0 unspecified atom stereocenters. The molecule has 0 amide bonds. The van der Waals surface area contributed by atoms with Gasteiger partial charge < -0.3 is 10.1 Å². The van der Waals surface area contributed by atoms with Crippen LogP contribution in [-0.4, -0.2) is 27.5 Å². The summed E-state index contributed by atoms with van der Waals surface area (Å²) in [7, 11) is 0. The molecule has 1 atom stereocenters. The minimum atomic E-state index is -1.08. The van der Waals surface area contributed by atoms with Crippen LogP contribution in [0.15, 0.2) is 45.1 Å². The highest BCUT2D eigenvalue weighted by Crippen LogP contribution is 2.42. The van der Waals surface area contributed by atoms with E-state index in [1.807, 2.05) is 0 Å². The maximum Gasteiger partial charge on any atom is 0.336 e. The monoisotopic (exact) mass is 372 g/mol. The number of carbonyl (C=O) groups is 1. The molecule has 2 heterocycles. The molecular formula is C17H16N4O6. The Balaban J connectivity index is 2.37. The molecule has 1 aromatic carbocycles. The van der Waals surface area contributed by atoms with E-state index in [9.17, 15) is 24.5 Å². The van der Waals surface area contributed by atoms with Gasteiger partial charge in [0.25, 0.3) is 11.2 Å². The van der Waals surface area contributed by atoms with E-state index in [0.29, 0.717) is 5.70 Å². The van der Waals surface area contributed by atoms with E-state index in [4.69, 9.17) is 4.74 Å². The second-order valence-corrected chi connectivity index (χ2v) is 5.83. The largest absolute Gasteiger partial charge is 0.463 e. The maximum atomic E-state index is 12.6. The SMILES string of the molecule is CCOC(=O)C1=C(C)Nc2[nH]c(=O)[nH]c(=O)c2[C@H]1c1ccccc1[N+](=O)[O-]. The molecule has 10 heteroatoms. The number of aromatic nitrogens is 2. The molecule has 0 aliphatic carbocycles. The first-order chi connectivity index (χ1) is 12.8. The first-order valence-corrected chi connectivity index (χ1v) is 8.09. The molecule has 1 aliphatic rings. The lowest BCUT2D eigenvalue weighted by Gasteiger charge is -2.28. The van der Waals surface area contributed by atoms with E-state index >= 15 is 0 Å². The number of nitrogens with zero attached hydrogens (tertiary/aromatic N) is 1. The average Bonchev–Trinajstić information content (AvgIpc) is 2.60. The van der Waals surface area contributed by atoms with Crippen molar-refractivity contribution in [3.05, 3.63) is 77.6 Å². The zero-order valence-corrected chi connectivity index (χ0v) is 14.5. The summed E-state index contributed by atoms with van der Waals surface area (Å²) in [4.78, 5) is 52.2. The van der Waals surface area contributed by atoms with Crippen molar-refractivity contribution in [1.29, 1.82) is 0 Å². The molecule has 10 nitrogen and oxygen atoms in total. The highest BCUT2D eigenvalue weighted by Gasteiger charge is 2.38. The summed E-state index contributed by atoms with van der Waals surface area (Å²) in [6.07, 6.45) is 0. The maximum absolute atomic E-state index is 12.6. The second kappa shape index (κ2) is 6.90. The number of H-pyrrole nitrogens is 2. The molecular weight excluding hydrogens is 356 g/mol. The van der Waals surface area contributed by atoms with E-state index in [1.54, 1.807) is 19.9 Å². The molecule has 0 bridgehead atoms. The van der Waals surface area contributed by atoms with Crippen LogP contribution in [0.5, 0.6) is 0 Å². The summed E-state index contributed by atoms with van der Waals surface area (Å²) in [6.45, 7) is 3.28. The topological polar surface area (TPSA) is 147 Å². The number of aromatic amines is 2. The molecule has 27 heavy (non-hydrogen) atoms. The smallest absolute Gasteiger partial charge is 0.336 e. The van der Waals surface area contributed by atoms with Crippen LogP contribution in [-0.2, 0) is 9.53 Å². The number of fused-ring (bicyclic) bond motifs is 1. The fraction of sp³-hybridized carbons (Fsp3) is 0.235. The van der Waals surface area contributed by atoms with E-state index in [1.165, 1.54) is 18.2 Å². The van der Waals surface area contributed by atoms with Crippen molar-refractivity contribution in [1.82, 2.24) is 9.97 Å².